The number of hydrogen-bond acceptors (Lipinski definition) is 5. The Morgan fingerprint density at radius 3 is 2.85 bits per heavy atom. The average Bonchev–Trinajstić information content (AvgIpc) is 2.96. The van der Waals surface area contributed by atoms with Crippen LogP contribution in [-0.4, -0.2) is 14.8 Å². The van der Waals surface area contributed by atoms with Crippen LogP contribution in [0.1, 0.15) is 18.3 Å². The van der Waals surface area contributed by atoms with Gasteiger partial charge in [-0.2, -0.15) is 5.10 Å². The van der Waals surface area contributed by atoms with E-state index in [-0.39, 0.29) is 0 Å². The van der Waals surface area contributed by atoms with Crippen LogP contribution in [0.15, 0.2) is 28.5 Å². The second-order valence-electron chi connectivity index (χ2n) is 4.49. The smallest absolute Gasteiger partial charge is 0.181 e. The lowest BCUT2D eigenvalue weighted by Crippen LogP contribution is -1.96. The van der Waals surface area contributed by atoms with Crippen LogP contribution >= 0.6 is 23.1 Å². The minimum atomic E-state index is 0.633. The summed E-state index contributed by atoms with van der Waals surface area (Å²) in [5.41, 5.74) is 9.07. The number of nitrogens with zero attached hydrogens (tertiary/aromatic N) is 3. The molecule has 0 saturated heterocycles. The van der Waals surface area contributed by atoms with Crippen LogP contribution in [-0.2, 0) is 12.3 Å². The minimum Gasteiger partial charge on any atom is -0.375 e. The summed E-state index contributed by atoms with van der Waals surface area (Å²) in [6.45, 7) is 5.00. The number of thioether (sulfide) groups is 1. The Morgan fingerprint density at radius 1 is 1.35 bits per heavy atom. The van der Waals surface area contributed by atoms with E-state index >= 15 is 0 Å². The monoisotopic (exact) mass is 304 g/mol. The number of benzene rings is 1. The minimum absolute atomic E-state index is 0.633. The van der Waals surface area contributed by atoms with Gasteiger partial charge in [0, 0.05) is 17.7 Å². The lowest BCUT2D eigenvalue weighted by atomic mass is 10.2. The Balaban J connectivity index is 1.89. The number of hydrogen-bond donors (Lipinski definition) is 1. The van der Waals surface area contributed by atoms with Crippen molar-refractivity contribution in [2.45, 2.75) is 30.4 Å². The van der Waals surface area contributed by atoms with Crippen molar-refractivity contribution in [3.8, 4) is 0 Å². The zero-order chi connectivity index (χ0) is 14.1. The van der Waals surface area contributed by atoms with Crippen molar-refractivity contribution in [1.82, 2.24) is 14.8 Å². The maximum Gasteiger partial charge on any atom is 0.181 e. The van der Waals surface area contributed by atoms with Crippen LogP contribution in [0.3, 0.4) is 0 Å². The fourth-order valence-electron chi connectivity index (χ4n) is 2.21. The van der Waals surface area contributed by atoms with Gasteiger partial charge in [-0.05, 0) is 19.9 Å². The molecule has 20 heavy (non-hydrogen) atoms. The molecule has 2 N–H and O–H groups in total. The number of aromatic nitrogens is 3. The standard InChI is InChI=1S/C14H16N4S2/c1-3-18-12-7-5-4-6-10(12)11(17-18)8-19-13-9(2)16-14(15)20-13/h4-7H,3,8H2,1-2H3,(H2,15,16). The Labute approximate surface area is 126 Å². The van der Waals surface area contributed by atoms with E-state index in [4.69, 9.17) is 10.8 Å². The van der Waals surface area contributed by atoms with Gasteiger partial charge in [0.2, 0.25) is 0 Å². The first-order chi connectivity index (χ1) is 9.69. The van der Waals surface area contributed by atoms with E-state index in [1.165, 1.54) is 15.1 Å². The highest BCUT2D eigenvalue weighted by atomic mass is 32.2. The van der Waals surface area contributed by atoms with Gasteiger partial charge in [0.15, 0.2) is 5.13 Å². The molecule has 0 saturated carbocycles. The van der Waals surface area contributed by atoms with Gasteiger partial charge in [-0.25, -0.2) is 4.98 Å². The Bertz CT molecular complexity index is 745. The van der Waals surface area contributed by atoms with Crippen molar-refractivity contribution in [2.24, 2.45) is 0 Å². The van der Waals surface area contributed by atoms with E-state index in [2.05, 4.69) is 40.9 Å². The summed E-state index contributed by atoms with van der Waals surface area (Å²) in [6, 6.07) is 8.38. The first kappa shape index (κ1) is 13.5. The molecule has 0 bridgehead atoms. The summed E-state index contributed by atoms with van der Waals surface area (Å²) in [7, 11) is 0. The van der Waals surface area contributed by atoms with Gasteiger partial charge < -0.3 is 5.73 Å². The Kier molecular flexibility index (Phi) is 3.67. The number of anilines is 1. The maximum absolute atomic E-state index is 5.74. The number of para-hydroxylation sites is 1. The summed E-state index contributed by atoms with van der Waals surface area (Å²) in [5, 5.41) is 6.57. The SMILES string of the molecule is CCn1nc(CSc2sc(N)nc2C)c2ccccc21. The predicted octanol–water partition coefficient (Wildman–Crippen LogP) is 3.70. The highest BCUT2D eigenvalue weighted by molar-refractivity contribution is 8.00. The van der Waals surface area contributed by atoms with E-state index < -0.39 is 0 Å². The average molecular weight is 304 g/mol. The van der Waals surface area contributed by atoms with Crippen LogP contribution in [0, 0.1) is 6.92 Å². The maximum atomic E-state index is 5.74. The number of rotatable bonds is 4. The van der Waals surface area contributed by atoms with Crippen molar-refractivity contribution < 1.29 is 0 Å². The van der Waals surface area contributed by atoms with Gasteiger partial charge in [-0.3, -0.25) is 4.68 Å². The Hall–Kier alpha value is -1.53. The van der Waals surface area contributed by atoms with Crippen LogP contribution in [0.4, 0.5) is 5.13 Å². The summed E-state index contributed by atoms with van der Waals surface area (Å²) in [5.74, 6) is 0.843. The molecule has 3 aromatic rings. The fraction of sp³-hybridized carbons (Fsp3) is 0.286. The van der Waals surface area contributed by atoms with Crippen LogP contribution in [0.2, 0.25) is 0 Å². The molecule has 0 unspecified atom stereocenters. The molecular weight excluding hydrogens is 288 g/mol. The Morgan fingerprint density at radius 2 is 2.15 bits per heavy atom. The van der Waals surface area contributed by atoms with Crippen molar-refractivity contribution in [3.63, 3.8) is 0 Å². The second kappa shape index (κ2) is 5.46. The number of nitrogen functional groups attached to an aromatic ring is 1. The van der Waals surface area contributed by atoms with Gasteiger partial charge in [0.1, 0.15) is 0 Å². The van der Waals surface area contributed by atoms with Gasteiger partial charge >= 0.3 is 0 Å². The molecule has 3 rings (SSSR count). The number of nitrogens with two attached hydrogens (primary N) is 1. The normalized spacial score (nSPS) is 11.3. The van der Waals surface area contributed by atoms with Crippen molar-refractivity contribution in [2.75, 3.05) is 5.73 Å². The number of aryl methyl sites for hydroxylation is 2. The van der Waals surface area contributed by atoms with Crippen LogP contribution in [0.25, 0.3) is 10.9 Å². The van der Waals surface area contributed by atoms with E-state index in [1.54, 1.807) is 23.1 Å². The molecule has 0 aliphatic rings. The third-order valence-electron chi connectivity index (χ3n) is 3.14. The van der Waals surface area contributed by atoms with E-state index in [1.807, 2.05) is 6.92 Å². The molecule has 2 heterocycles. The topological polar surface area (TPSA) is 56.7 Å². The quantitative estimate of drug-likeness (QED) is 0.747. The van der Waals surface area contributed by atoms with E-state index in [0.717, 1.165) is 23.7 Å². The molecule has 0 aliphatic carbocycles. The number of thiazole rings is 1. The van der Waals surface area contributed by atoms with Gasteiger partial charge in [-0.15, -0.1) is 11.8 Å². The summed E-state index contributed by atoms with van der Waals surface area (Å²) >= 11 is 3.31. The fourth-order valence-corrected chi connectivity index (χ4v) is 4.18. The van der Waals surface area contributed by atoms with Gasteiger partial charge in [0.05, 0.1) is 21.1 Å². The summed E-state index contributed by atoms with van der Waals surface area (Å²) < 4.78 is 3.23. The molecular formula is C14H16N4S2. The third kappa shape index (κ3) is 2.41. The van der Waals surface area contributed by atoms with Gasteiger partial charge in [0.25, 0.3) is 0 Å². The first-order valence-electron chi connectivity index (χ1n) is 6.49. The molecule has 0 aliphatic heterocycles. The zero-order valence-corrected chi connectivity index (χ0v) is 13.1. The lowest BCUT2D eigenvalue weighted by Gasteiger charge is -1.97. The molecule has 1 aromatic carbocycles. The third-order valence-corrected chi connectivity index (χ3v) is 5.50. The highest BCUT2D eigenvalue weighted by Gasteiger charge is 2.11. The predicted molar refractivity (Wildman–Crippen MR) is 86.2 cm³/mol. The second-order valence-corrected chi connectivity index (χ2v) is 6.77. The van der Waals surface area contributed by atoms with Crippen LogP contribution < -0.4 is 5.73 Å². The molecule has 0 atom stereocenters. The summed E-state index contributed by atoms with van der Waals surface area (Å²) in [6.07, 6.45) is 0. The lowest BCUT2D eigenvalue weighted by molar-refractivity contribution is 0.675. The molecule has 0 amide bonds. The number of fused-ring (bicyclic) bond motifs is 1. The van der Waals surface area contributed by atoms with Crippen molar-refractivity contribution in [3.05, 3.63) is 35.7 Å². The van der Waals surface area contributed by atoms with Gasteiger partial charge in [-0.1, -0.05) is 29.5 Å². The first-order valence-corrected chi connectivity index (χ1v) is 8.29. The van der Waals surface area contributed by atoms with Crippen molar-refractivity contribution >= 4 is 39.1 Å². The molecule has 104 valence electrons. The largest absolute Gasteiger partial charge is 0.375 e. The molecule has 2 aromatic heterocycles. The molecule has 0 fully saturated rings. The van der Waals surface area contributed by atoms with E-state index in [9.17, 15) is 0 Å². The highest BCUT2D eigenvalue weighted by Crippen LogP contribution is 2.33. The van der Waals surface area contributed by atoms with E-state index in [0.29, 0.717) is 5.13 Å². The molecule has 0 radical (unpaired) electrons. The van der Waals surface area contributed by atoms with Crippen LogP contribution in [0.5, 0.6) is 0 Å². The molecule has 4 nitrogen and oxygen atoms in total. The molecule has 6 heteroatoms. The molecule has 0 spiro atoms. The van der Waals surface area contributed by atoms with Crippen molar-refractivity contribution in [1.29, 1.82) is 0 Å². The summed E-state index contributed by atoms with van der Waals surface area (Å²) in [4.78, 5) is 4.26. The zero-order valence-electron chi connectivity index (χ0n) is 11.5.